The average molecular weight is 232 g/mol. The van der Waals surface area contributed by atoms with Crippen molar-refractivity contribution in [2.45, 2.75) is 33.2 Å². The summed E-state index contributed by atoms with van der Waals surface area (Å²) < 4.78 is 0. The van der Waals surface area contributed by atoms with E-state index in [-0.39, 0.29) is 0 Å². The van der Waals surface area contributed by atoms with Crippen molar-refractivity contribution in [1.29, 1.82) is 0 Å². The molecule has 2 rings (SSSR count). The SMILES string of the molecule is CCC1(CC)CN(c2ccc(CNC)cc2)C1. The maximum atomic E-state index is 3.18. The second-order valence-corrected chi connectivity index (χ2v) is 5.26. The second kappa shape index (κ2) is 5.09. The van der Waals surface area contributed by atoms with Crippen LogP contribution in [0.1, 0.15) is 32.3 Å². The number of anilines is 1. The highest BCUT2D eigenvalue weighted by Gasteiger charge is 2.39. The first-order valence-corrected chi connectivity index (χ1v) is 6.71. The number of hydrogen-bond donors (Lipinski definition) is 1. The van der Waals surface area contributed by atoms with Crippen molar-refractivity contribution in [3.05, 3.63) is 29.8 Å². The van der Waals surface area contributed by atoms with E-state index in [2.05, 4.69) is 48.3 Å². The zero-order chi connectivity index (χ0) is 12.3. The van der Waals surface area contributed by atoms with E-state index >= 15 is 0 Å². The van der Waals surface area contributed by atoms with Gasteiger partial charge in [0.05, 0.1) is 0 Å². The predicted octanol–water partition coefficient (Wildman–Crippen LogP) is 3.03. The minimum atomic E-state index is 0.587. The van der Waals surface area contributed by atoms with Crippen molar-refractivity contribution in [1.82, 2.24) is 5.32 Å². The minimum absolute atomic E-state index is 0.587. The summed E-state index contributed by atoms with van der Waals surface area (Å²) in [7, 11) is 1.99. The molecule has 1 aromatic carbocycles. The van der Waals surface area contributed by atoms with Crippen LogP contribution in [0, 0.1) is 5.41 Å². The molecule has 0 atom stereocenters. The number of rotatable bonds is 5. The highest BCUT2D eigenvalue weighted by atomic mass is 15.2. The standard InChI is InChI=1S/C15H24N2/c1-4-15(5-2)11-17(12-15)14-8-6-13(7-9-14)10-16-3/h6-9,16H,4-5,10-12H2,1-3H3. The second-order valence-electron chi connectivity index (χ2n) is 5.26. The summed E-state index contributed by atoms with van der Waals surface area (Å²) in [6.45, 7) is 8.04. The van der Waals surface area contributed by atoms with Gasteiger partial charge < -0.3 is 10.2 Å². The Kier molecular flexibility index (Phi) is 3.72. The van der Waals surface area contributed by atoms with Gasteiger partial charge in [0.1, 0.15) is 0 Å². The van der Waals surface area contributed by atoms with Gasteiger partial charge in [-0.3, -0.25) is 0 Å². The molecule has 2 nitrogen and oxygen atoms in total. The Morgan fingerprint density at radius 1 is 1.12 bits per heavy atom. The lowest BCUT2D eigenvalue weighted by Gasteiger charge is -2.51. The van der Waals surface area contributed by atoms with Crippen LogP contribution in [0.5, 0.6) is 0 Å². The van der Waals surface area contributed by atoms with E-state index in [0.717, 1.165) is 6.54 Å². The van der Waals surface area contributed by atoms with Crippen molar-refractivity contribution >= 4 is 5.69 Å². The number of hydrogen-bond acceptors (Lipinski definition) is 2. The number of nitrogens with zero attached hydrogens (tertiary/aromatic N) is 1. The van der Waals surface area contributed by atoms with Gasteiger partial charge in [-0.15, -0.1) is 0 Å². The summed E-state index contributed by atoms with van der Waals surface area (Å²) in [6, 6.07) is 8.96. The molecule has 1 N–H and O–H groups in total. The third-order valence-corrected chi connectivity index (χ3v) is 4.23. The molecule has 2 heteroatoms. The first-order valence-electron chi connectivity index (χ1n) is 6.71. The Morgan fingerprint density at radius 3 is 2.18 bits per heavy atom. The monoisotopic (exact) mass is 232 g/mol. The van der Waals surface area contributed by atoms with Crippen molar-refractivity contribution < 1.29 is 0 Å². The van der Waals surface area contributed by atoms with Crippen molar-refractivity contribution in [3.63, 3.8) is 0 Å². The van der Waals surface area contributed by atoms with E-state index in [4.69, 9.17) is 0 Å². The van der Waals surface area contributed by atoms with E-state index in [1.54, 1.807) is 0 Å². The smallest absolute Gasteiger partial charge is 0.0366 e. The van der Waals surface area contributed by atoms with Gasteiger partial charge in [-0.2, -0.15) is 0 Å². The Labute approximate surface area is 105 Å². The third-order valence-electron chi connectivity index (χ3n) is 4.23. The summed E-state index contributed by atoms with van der Waals surface area (Å²) in [6.07, 6.45) is 2.61. The fourth-order valence-electron chi connectivity index (χ4n) is 2.67. The molecule has 17 heavy (non-hydrogen) atoms. The first-order chi connectivity index (χ1) is 8.23. The van der Waals surface area contributed by atoms with Crippen LogP contribution in [0.3, 0.4) is 0 Å². The molecule has 0 aliphatic carbocycles. The summed E-state index contributed by atoms with van der Waals surface area (Å²) in [4.78, 5) is 2.50. The molecule has 1 aliphatic heterocycles. The lowest BCUT2D eigenvalue weighted by Crippen LogP contribution is -2.55. The van der Waals surface area contributed by atoms with Crippen LogP contribution >= 0.6 is 0 Å². The maximum absolute atomic E-state index is 3.18. The van der Waals surface area contributed by atoms with E-state index in [0.29, 0.717) is 5.41 Å². The highest BCUT2D eigenvalue weighted by molar-refractivity contribution is 5.50. The highest BCUT2D eigenvalue weighted by Crippen LogP contribution is 2.39. The summed E-state index contributed by atoms with van der Waals surface area (Å²) in [5, 5.41) is 3.18. The number of nitrogens with one attached hydrogen (secondary N) is 1. The van der Waals surface area contributed by atoms with Gasteiger partial charge in [-0.1, -0.05) is 26.0 Å². The van der Waals surface area contributed by atoms with Crippen molar-refractivity contribution in [2.75, 3.05) is 25.0 Å². The molecule has 0 saturated carbocycles. The molecular formula is C15H24N2. The van der Waals surface area contributed by atoms with Crippen LogP contribution in [0.15, 0.2) is 24.3 Å². The summed E-state index contributed by atoms with van der Waals surface area (Å²) >= 11 is 0. The largest absolute Gasteiger partial charge is 0.370 e. The maximum Gasteiger partial charge on any atom is 0.0366 e. The molecule has 1 fully saturated rings. The zero-order valence-electron chi connectivity index (χ0n) is 11.3. The number of benzene rings is 1. The molecule has 0 unspecified atom stereocenters. The van der Waals surface area contributed by atoms with Crippen LogP contribution in [0.25, 0.3) is 0 Å². The summed E-state index contributed by atoms with van der Waals surface area (Å²) in [5.74, 6) is 0. The first kappa shape index (κ1) is 12.4. The van der Waals surface area contributed by atoms with Gasteiger partial charge in [0.2, 0.25) is 0 Å². The molecule has 1 aromatic rings. The lowest BCUT2D eigenvalue weighted by molar-refractivity contribution is 0.194. The molecule has 94 valence electrons. The van der Waals surface area contributed by atoms with Gasteiger partial charge in [-0.05, 0) is 37.6 Å². The molecule has 1 aliphatic rings. The molecule has 0 radical (unpaired) electrons. The van der Waals surface area contributed by atoms with Crippen LogP contribution in [0.2, 0.25) is 0 Å². The topological polar surface area (TPSA) is 15.3 Å². The quantitative estimate of drug-likeness (QED) is 0.839. The van der Waals surface area contributed by atoms with Gasteiger partial charge in [0.15, 0.2) is 0 Å². The van der Waals surface area contributed by atoms with Crippen LogP contribution < -0.4 is 10.2 Å². The van der Waals surface area contributed by atoms with Gasteiger partial charge in [0.25, 0.3) is 0 Å². The lowest BCUT2D eigenvalue weighted by atomic mass is 9.75. The molecule has 0 aromatic heterocycles. The fraction of sp³-hybridized carbons (Fsp3) is 0.600. The van der Waals surface area contributed by atoms with Crippen LogP contribution in [-0.4, -0.2) is 20.1 Å². The van der Waals surface area contributed by atoms with E-state index in [1.807, 2.05) is 7.05 Å². The molecule has 1 saturated heterocycles. The zero-order valence-corrected chi connectivity index (χ0v) is 11.3. The minimum Gasteiger partial charge on any atom is -0.370 e. The van der Waals surface area contributed by atoms with E-state index in [1.165, 1.54) is 37.2 Å². The van der Waals surface area contributed by atoms with Gasteiger partial charge >= 0.3 is 0 Å². The van der Waals surface area contributed by atoms with Crippen molar-refractivity contribution in [2.24, 2.45) is 5.41 Å². The summed E-state index contributed by atoms with van der Waals surface area (Å²) in [5.41, 5.74) is 3.32. The third kappa shape index (κ3) is 2.47. The molecule has 0 amide bonds. The van der Waals surface area contributed by atoms with Gasteiger partial charge in [0, 0.05) is 30.7 Å². The average Bonchev–Trinajstić information content (AvgIpc) is 2.31. The predicted molar refractivity (Wildman–Crippen MR) is 74.4 cm³/mol. The Bertz CT molecular complexity index is 344. The molecule has 1 heterocycles. The van der Waals surface area contributed by atoms with Gasteiger partial charge in [-0.25, -0.2) is 0 Å². The normalized spacial score (nSPS) is 17.9. The van der Waals surface area contributed by atoms with E-state index < -0.39 is 0 Å². The molecule has 0 spiro atoms. The van der Waals surface area contributed by atoms with Crippen LogP contribution in [0.4, 0.5) is 5.69 Å². The van der Waals surface area contributed by atoms with E-state index in [9.17, 15) is 0 Å². The molecular weight excluding hydrogens is 208 g/mol. The molecule has 0 bridgehead atoms. The fourth-order valence-corrected chi connectivity index (χ4v) is 2.67. The Hall–Kier alpha value is -1.02. The van der Waals surface area contributed by atoms with Crippen molar-refractivity contribution in [3.8, 4) is 0 Å². The Morgan fingerprint density at radius 2 is 1.71 bits per heavy atom. The Balaban J connectivity index is 1.97. The van der Waals surface area contributed by atoms with Crippen LogP contribution in [-0.2, 0) is 6.54 Å².